The summed E-state index contributed by atoms with van der Waals surface area (Å²) in [5.74, 6) is -1.19. The van der Waals surface area contributed by atoms with E-state index in [1.165, 1.54) is 11.0 Å². The standard InChI is InChI=1S/C15H17F2N3O2/c1-9-6-12(19-22-9)8-20(3)15(21)18-10(2)11-4-5-13(16)14(17)7-11/h4-7,10H,8H2,1-3H3,(H,18,21). The fourth-order valence-corrected chi connectivity index (χ4v) is 1.97. The number of halogens is 2. The first-order valence-electron chi connectivity index (χ1n) is 6.75. The fourth-order valence-electron chi connectivity index (χ4n) is 1.97. The molecule has 22 heavy (non-hydrogen) atoms. The largest absolute Gasteiger partial charge is 0.361 e. The van der Waals surface area contributed by atoms with Crippen molar-refractivity contribution in [2.75, 3.05) is 7.05 Å². The summed E-state index contributed by atoms with van der Waals surface area (Å²) in [5, 5.41) is 6.52. The minimum Gasteiger partial charge on any atom is -0.361 e. The predicted octanol–water partition coefficient (Wildman–Crippen LogP) is 3.16. The summed E-state index contributed by atoms with van der Waals surface area (Å²) in [6, 6.07) is 4.48. The molecule has 2 rings (SSSR count). The van der Waals surface area contributed by atoms with Gasteiger partial charge in [0, 0.05) is 13.1 Å². The number of hydrogen-bond acceptors (Lipinski definition) is 3. The topological polar surface area (TPSA) is 58.4 Å². The number of aryl methyl sites for hydroxylation is 1. The summed E-state index contributed by atoms with van der Waals surface area (Å²) >= 11 is 0. The van der Waals surface area contributed by atoms with E-state index in [2.05, 4.69) is 10.5 Å². The quantitative estimate of drug-likeness (QED) is 0.943. The number of nitrogens with one attached hydrogen (secondary N) is 1. The number of nitrogens with zero attached hydrogens (tertiary/aromatic N) is 2. The van der Waals surface area contributed by atoms with Gasteiger partial charge in [-0.1, -0.05) is 11.2 Å². The van der Waals surface area contributed by atoms with Gasteiger partial charge in [-0.25, -0.2) is 13.6 Å². The molecular formula is C15H17F2N3O2. The van der Waals surface area contributed by atoms with Gasteiger partial charge in [-0.2, -0.15) is 0 Å². The van der Waals surface area contributed by atoms with Gasteiger partial charge in [-0.05, 0) is 31.5 Å². The molecule has 0 bridgehead atoms. The van der Waals surface area contributed by atoms with Crippen molar-refractivity contribution in [2.24, 2.45) is 0 Å². The van der Waals surface area contributed by atoms with Crippen molar-refractivity contribution in [3.05, 3.63) is 52.9 Å². The van der Waals surface area contributed by atoms with Gasteiger partial charge < -0.3 is 14.7 Å². The molecule has 0 spiro atoms. The van der Waals surface area contributed by atoms with Gasteiger partial charge in [0.15, 0.2) is 11.6 Å². The second kappa shape index (κ2) is 6.55. The zero-order chi connectivity index (χ0) is 16.3. The molecule has 118 valence electrons. The number of aromatic nitrogens is 1. The third kappa shape index (κ3) is 3.81. The number of carbonyl (C=O) groups is 1. The van der Waals surface area contributed by atoms with Gasteiger partial charge in [0.05, 0.1) is 12.6 Å². The maximum atomic E-state index is 13.2. The molecule has 1 aromatic heterocycles. The molecule has 1 heterocycles. The van der Waals surface area contributed by atoms with E-state index in [0.29, 0.717) is 17.0 Å². The highest BCUT2D eigenvalue weighted by molar-refractivity contribution is 5.74. The number of urea groups is 1. The molecule has 0 aliphatic heterocycles. The van der Waals surface area contributed by atoms with Gasteiger partial charge in [-0.15, -0.1) is 0 Å². The molecular weight excluding hydrogens is 292 g/mol. The highest BCUT2D eigenvalue weighted by Crippen LogP contribution is 2.16. The molecule has 0 saturated carbocycles. The fraction of sp³-hybridized carbons (Fsp3) is 0.333. The molecule has 2 amide bonds. The molecule has 0 radical (unpaired) electrons. The zero-order valence-electron chi connectivity index (χ0n) is 12.6. The van der Waals surface area contributed by atoms with Crippen LogP contribution >= 0.6 is 0 Å². The molecule has 7 heteroatoms. The van der Waals surface area contributed by atoms with Gasteiger partial charge in [0.25, 0.3) is 0 Å². The molecule has 0 aliphatic rings. The smallest absolute Gasteiger partial charge is 0.317 e. The van der Waals surface area contributed by atoms with E-state index in [4.69, 9.17) is 4.52 Å². The lowest BCUT2D eigenvalue weighted by atomic mass is 10.1. The summed E-state index contributed by atoms with van der Waals surface area (Å²) in [6.45, 7) is 3.74. The average molecular weight is 309 g/mol. The third-order valence-corrected chi connectivity index (χ3v) is 3.21. The zero-order valence-corrected chi connectivity index (χ0v) is 12.6. The Kier molecular flexibility index (Phi) is 4.75. The van der Waals surface area contributed by atoms with Crippen molar-refractivity contribution in [2.45, 2.75) is 26.4 Å². The van der Waals surface area contributed by atoms with Crippen LogP contribution in [0.1, 0.15) is 30.0 Å². The summed E-state index contributed by atoms with van der Waals surface area (Å²) in [7, 11) is 1.61. The number of benzene rings is 1. The second-order valence-corrected chi connectivity index (χ2v) is 5.13. The van der Waals surface area contributed by atoms with E-state index in [9.17, 15) is 13.6 Å². The lowest BCUT2D eigenvalue weighted by Crippen LogP contribution is -2.38. The van der Waals surface area contributed by atoms with Crippen LogP contribution in [0.25, 0.3) is 0 Å². The van der Waals surface area contributed by atoms with Gasteiger partial charge in [0.1, 0.15) is 11.5 Å². The highest BCUT2D eigenvalue weighted by Gasteiger charge is 2.16. The molecule has 1 N–H and O–H groups in total. The van der Waals surface area contributed by atoms with Crippen molar-refractivity contribution in [1.29, 1.82) is 0 Å². The first-order chi connectivity index (χ1) is 10.4. The lowest BCUT2D eigenvalue weighted by molar-refractivity contribution is 0.202. The van der Waals surface area contributed by atoms with Crippen LogP contribution in [0.15, 0.2) is 28.8 Å². The second-order valence-electron chi connectivity index (χ2n) is 5.13. The van der Waals surface area contributed by atoms with Crippen LogP contribution in [0, 0.1) is 18.6 Å². The minimum absolute atomic E-state index is 0.285. The highest BCUT2D eigenvalue weighted by atomic mass is 19.2. The van der Waals surface area contributed by atoms with E-state index < -0.39 is 17.7 Å². The van der Waals surface area contributed by atoms with Crippen molar-refractivity contribution >= 4 is 6.03 Å². The normalized spacial score (nSPS) is 12.0. The Morgan fingerprint density at radius 1 is 1.36 bits per heavy atom. The van der Waals surface area contributed by atoms with Crippen molar-refractivity contribution < 1.29 is 18.1 Å². The van der Waals surface area contributed by atoms with Gasteiger partial charge in [0.2, 0.25) is 0 Å². The lowest BCUT2D eigenvalue weighted by Gasteiger charge is -2.20. The average Bonchev–Trinajstić information content (AvgIpc) is 2.86. The summed E-state index contributed by atoms with van der Waals surface area (Å²) in [6.07, 6.45) is 0. The van der Waals surface area contributed by atoms with Crippen LogP contribution in [0.5, 0.6) is 0 Å². The van der Waals surface area contributed by atoms with E-state index in [1.54, 1.807) is 27.0 Å². The SMILES string of the molecule is Cc1cc(CN(C)C(=O)NC(C)c2ccc(F)c(F)c2)no1. The van der Waals surface area contributed by atoms with Gasteiger partial charge >= 0.3 is 6.03 Å². The monoisotopic (exact) mass is 309 g/mol. The molecule has 1 atom stereocenters. The van der Waals surface area contributed by atoms with Crippen LogP contribution in [0.2, 0.25) is 0 Å². The maximum Gasteiger partial charge on any atom is 0.317 e. The number of amides is 2. The number of rotatable bonds is 4. The van der Waals surface area contributed by atoms with E-state index in [0.717, 1.165) is 12.1 Å². The molecule has 0 aliphatic carbocycles. The maximum absolute atomic E-state index is 13.2. The molecule has 1 aromatic carbocycles. The Hall–Kier alpha value is -2.44. The molecule has 0 fully saturated rings. The summed E-state index contributed by atoms with van der Waals surface area (Å²) in [5.41, 5.74) is 1.12. The van der Waals surface area contributed by atoms with E-state index in [-0.39, 0.29) is 12.6 Å². The van der Waals surface area contributed by atoms with Crippen molar-refractivity contribution in [1.82, 2.24) is 15.4 Å². The Balaban J connectivity index is 1.96. The molecule has 2 aromatic rings. The first kappa shape index (κ1) is 15.9. The Morgan fingerprint density at radius 2 is 2.09 bits per heavy atom. The van der Waals surface area contributed by atoms with Crippen molar-refractivity contribution in [3.8, 4) is 0 Å². The third-order valence-electron chi connectivity index (χ3n) is 3.21. The molecule has 0 saturated heterocycles. The van der Waals surface area contributed by atoms with Crippen molar-refractivity contribution in [3.63, 3.8) is 0 Å². The molecule has 1 unspecified atom stereocenters. The Labute approximate surface area is 126 Å². The number of carbonyl (C=O) groups excluding carboxylic acids is 1. The minimum atomic E-state index is -0.940. The number of hydrogen-bond donors (Lipinski definition) is 1. The summed E-state index contributed by atoms with van der Waals surface area (Å²) in [4.78, 5) is 13.5. The van der Waals surface area contributed by atoms with Gasteiger partial charge in [-0.3, -0.25) is 0 Å². The first-order valence-corrected chi connectivity index (χ1v) is 6.75. The summed E-state index contributed by atoms with van der Waals surface area (Å²) < 4.78 is 31.1. The van der Waals surface area contributed by atoms with E-state index >= 15 is 0 Å². The van der Waals surface area contributed by atoms with Crippen LogP contribution in [-0.2, 0) is 6.54 Å². The Bertz CT molecular complexity index is 673. The van der Waals surface area contributed by atoms with Crippen LogP contribution in [0.3, 0.4) is 0 Å². The van der Waals surface area contributed by atoms with E-state index in [1.807, 2.05) is 0 Å². The van der Waals surface area contributed by atoms with Crippen LogP contribution in [-0.4, -0.2) is 23.1 Å². The Morgan fingerprint density at radius 3 is 2.68 bits per heavy atom. The molecule has 5 nitrogen and oxygen atoms in total. The van der Waals surface area contributed by atoms with Crippen LogP contribution < -0.4 is 5.32 Å². The van der Waals surface area contributed by atoms with Crippen LogP contribution in [0.4, 0.5) is 13.6 Å². The predicted molar refractivity (Wildman–Crippen MR) is 76.0 cm³/mol.